The van der Waals surface area contributed by atoms with Gasteiger partial charge in [-0.1, -0.05) is 19.1 Å². The SMILES string of the molecule is CCP(=O)(COS(=O)(=O)c1c(C)cccc1F)OC(C)C. The number of hydrogen-bond donors (Lipinski definition) is 0. The van der Waals surface area contributed by atoms with Crippen LogP contribution < -0.4 is 0 Å². The largest absolute Gasteiger partial charge is 0.324 e. The van der Waals surface area contributed by atoms with Crippen LogP contribution in [0.25, 0.3) is 0 Å². The highest BCUT2D eigenvalue weighted by molar-refractivity contribution is 7.87. The predicted octanol–water partition coefficient (Wildman–Crippen LogP) is 3.52. The first-order chi connectivity index (χ1) is 9.61. The molecule has 1 rings (SSSR count). The Hall–Kier alpha value is -0.750. The smallest absolute Gasteiger partial charge is 0.300 e. The van der Waals surface area contributed by atoms with E-state index >= 15 is 0 Å². The summed E-state index contributed by atoms with van der Waals surface area (Å²) in [6, 6.07) is 3.90. The molecule has 0 amide bonds. The fraction of sp³-hybridized carbons (Fsp3) is 0.538. The molecule has 0 N–H and O–H groups in total. The van der Waals surface area contributed by atoms with E-state index in [4.69, 9.17) is 8.71 Å². The summed E-state index contributed by atoms with van der Waals surface area (Å²) in [4.78, 5) is -0.530. The van der Waals surface area contributed by atoms with E-state index in [1.54, 1.807) is 20.8 Å². The summed E-state index contributed by atoms with van der Waals surface area (Å²) < 4.78 is 60.2. The number of benzene rings is 1. The van der Waals surface area contributed by atoms with Crippen molar-refractivity contribution in [2.75, 3.05) is 12.5 Å². The zero-order valence-corrected chi connectivity index (χ0v) is 14.2. The van der Waals surface area contributed by atoms with Crippen LogP contribution in [0, 0.1) is 12.7 Å². The van der Waals surface area contributed by atoms with Crippen LogP contribution >= 0.6 is 7.37 Å². The second-order valence-corrected chi connectivity index (χ2v) is 9.15. The van der Waals surface area contributed by atoms with Gasteiger partial charge in [-0.05, 0) is 32.4 Å². The van der Waals surface area contributed by atoms with Gasteiger partial charge in [-0.25, -0.2) is 4.39 Å². The molecule has 0 bridgehead atoms. The van der Waals surface area contributed by atoms with Crippen molar-refractivity contribution in [2.45, 2.75) is 38.7 Å². The Bertz CT molecular complexity index is 622. The van der Waals surface area contributed by atoms with Gasteiger partial charge in [0.05, 0.1) is 6.10 Å². The van der Waals surface area contributed by atoms with Gasteiger partial charge in [0.2, 0.25) is 7.37 Å². The Morgan fingerprint density at radius 3 is 2.43 bits per heavy atom. The number of aryl methyl sites for hydroxylation is 1. The van der Waals surface area contributed by atoms with Gasteiger partial charge in [0.1, 0.15) is 17.1 Å². The van der Waals surface area contributed by atoms with Gasteiger partial charge in [-0.15, -0.1) is 0 Å². The molecular formula is C13H20FO5PS. The van der Waals surface area contributed by atoms with Crippen molar-refractivity contribution in [1.82, 2.24) is 0 Å². The summed E-state index contributed by atoms with van der Waals surface area (Å²) in [5.41, 5.74) is 0.228. The van der Waals surface area contributed by atoms with E-state index in [0.717, 1.165) is 6.07 Å². The zero-order valence-electron chi connectivity index (χ0n) is 12.5. The highest BCUT2D eigenvalue weighted by Crippen LogP contribution is 2.48. The standard InChI is InChI=1S/C13H20FO5PS/c1-5-20(15,19-10(2)3)9-18-21(16,17)13-11(4)7-6-8-12(13)14/h6-8,10H,5,9H2,1-4H3. The molecule has 120 valence electrons. The van der Waals surface area contributed by atoms with Crippen LogP contribution in [0.3, 0.4) is 0 Å². The van der Waals surface area contributed by atoms with Gasteiger partial charge >= 0.3 is 10.1 Å². The predicted molar refractivity (Wildman–Crippen MR) is 78.6 cm³/mol. The van der Waals surface area contributed by atoms with Crippen LogP contribution in [0.5, 0.6) is 0 Å². The van der Waals surface area contributed by atoms with Gasteiger partial charge < -0.3 is 4.52 Å². The van der Waals surface area contributed by atoms with Crippen LogP contribution in [0.4, 0.5) is 4.39 Å². The fourth-order valence-electron chi connectivity index (χ4n) is 1.72. The van der Waals surface area contributed by atoms with Crippen molar-refractivity contribution >= 4 is 17.5 Å². The van der Waals surface area contributed by atoms with E-state index in [9.17, 15) is 17.4 Å². The van der Waals surface area contributed by atoms with Crippen LogP contribution in [0.1, 0.15) is 26.3 Å². The molecule has 0 spiro atoms. The van der Waals surface area contributed by atoms with Crippen LogP contribution in [0.15, 0.2) is 23.1 Å². The fourth-order valence-corrected chi connectivity index (χ4v) is 4.97. The molecule has 1 atom stereocenters. The summed E-state index contributed by atoms with van der Waals surface area (Å²) in [6.45, 7) is 6.46. The third-order valence-corrected chi connectivity index (χ3v) is 6.61. The molecular weight excluding hydrogens is 318 g/mol. The maximum atomic E-state index is 13.7. The summed E-state index contributed by atoms with van der Waals surface area (Å²) in [5, 5.41) is 0. The zero-order chi connectivity index (χ0) is 16.3. The highest BCUT2D eigenvalue weighted by Gasteiger charge is 2.29. The average molecular weight is 338 g/mol. The molecule has 0 aliphatic heterocycles. The monoisotopic (exact) mass is 338 g/mol. The molecule has 1 aromatic rings. The summed E-state index contributed by atoms with van der Waals surface area (Å²) in [7, 11) is -7.56. The lowest BCUT2D eigenvalue weighted by Gasteiger charge is -2.19. The molecule has 0 heterocycles. The minimum absolute atomic E-state index is 0.136. The van der Waals surface area contributed by atoms with Crippen LogP contribution in [0.2, 0.25) is 0 Å². The number of hydrogen-bond acceptors (Lipinski definition) is 5. The first-order valence-corrected chi connectivity index (χ1v) is 9.92. The minimum Gasteiger partial charge on any atom is -0.324 e. The lowest BCUT2D eigenvalue weighted by atomic mass is 10.2. The van der Waals surface area contributed by atoms with E-state index < -0.39 is 34.5 Å². The molecule has 0 fully saturated rings. The van der Waals surface area contributed by atoms with Crippen LogP contribution in [-0.4, -0.2) is 27.0 Å². The molecule has 0 aromatic heterocycles. The van der Waals surface area contributed by atoms with Gasteiger partial charge in [-0.2, -0.15) is 8.42 Å². The Morgan fingerprint density at radius 1 is 1.33 bits per heavy atom. The normalized spacial score (nSPS) is 15.1. The maximum Gasteiger partial charge on any atom is 0.300 e. The average Bonchev–Trinajstić information content (AvgIpc) is 2.35. The summed E-state index contributed by atoms with van der Waals surface area (Å²) >= 11 is 0. The second-order valence-electron chi connectivity index (χ2n) is 4.87. The Labute approximate surface area is 125 Å². The number of rotatable bonds is 7. The van der Waals surface area contributed by atoms with E-state index in [0.29, 0.717) is 0 Å². The minimum atomic E-state index is -4.33. The lowest BCUT2D eigenvalue weighted by Crippen LogP contribution is -2.14. The van der Waals surface area contributed by atoms with E-state index in [-0.39, 0.29) is 17.8 Å². The Kier molecular flexibility index (Phi) is 6.11. The third-order valence-electron chi connectivity index (χ3n) is 2.70. The molecule has 0 saturated heterocycles. The van der Waals surface area contributed by atoms with Crippen molar-refractivity contribution < 1.29 is 26.1 Å². The first-order valence-electron chi connectivity index (χ1n) is 6.52. The first kappa shape index (κ1) is 18.3. The Balaban J connectivity index is 2.99. The van der Waals surface area contributed by atoms with Gasteiger partial charge in [0.25, 0.3) is 0 Å². The summed E-state index contributed by atoms with van der Waals surface area (Å²) in [5.74, 6) is -0.897. The van der Waals surface area contributed by atoms with Crippen molar-refractivity contribution in [1.29, 1.82) is 0 Å². The number of halogens is 1. The van der Waals surface area contributed by atoms with E-state index in [1.807, 2.05) is 0 Å². The van der Waals surface area contributed by atoms with Crippen LogP contribution in [-0.2, 0) is 23.4 Å². The van der Waals surface area contributed by atoms with Crippen molar-refractivity contribution in [3.63, 3.8) is 0 Å². The summed E-state index contributed by atoms with van der Waals surface area (Å²) in [6.07, 6.45) is -0.786. The third kappa shape index (κ3) is 4.88. The molecule has 21 heavy (non-hydrogen) atoms. The lowest BCUT2D eigenvalue weighted by molar-refractivity contribution is 0.228. The van der Waals surface area contributed by atoms with E-state index in [2.05, 4.69) is 0 Å². The molecule has 0 radical (unpaired) electrons. The molecule has 1 aromatic carbocycles. The molecule has 8 heteroatoms. The van der Waals surface area contributed by atoms with Gasteiger partial charge in [0, 0.05) is 6.16 Å². The van der Waals surface area contributed by atoms with Gasteiger partial charge in [-0.3, -0.25) is 8.75 Å². The van der Waals surface area contributed by atoms with Crippen molar-refractivity contribution in [3.05, 3.63) is 29.6 Å². The Morgan fingerprint density at radius 2 is 1.95 bits per heavy atom. The molecule has 0 saturated carbocycles. The second kappa shape index (κ2) is 7.01. The van der Waals surface area contributed by atoms with Gasteiger partial charge in [0.15, 0.2) is 0 Å². The quantitative estimate of drug-likeness (QED) is 0.562. The molecule has 0 aliphatic rings. The topological polar surface area (TPSA) is 69.7 Å². The van der Waals surface area contributed by atoms with Crippen molar-refractivity contribution in [3.8, 4) is 0 Å². The molecule has 5 nitrogen and oxygen atoms in total. The van der Waals surface area contributed by atoms with E-state index in [1.165, 1.54) is 19.1 Å². The maximum absolute atomic E-state index is 13.7. The highest BCUT2D eigenvalue weighted by atomic mass is 32.2. The molecule has 1 unspecified atom stereocenters. The van der Waals surface area contributed by atoms with Crippen molar-refractivity contribution in [2.24, 2.45) is 0 Å². The molecule has 0 aliphatic carbocycles.